The van der Waals surface area contributed by atoms with Gasteiger partial charge < -0.3 is 19.7 Å². The third-order valence-corrected chi connectivity index (χ3v) is 7.38. The lowest BCUT2D eigenvalue weighted by molar-refractivity contribution is -0.136. The Kier molecular flexibility index (Phi) is 4.84. The second-order valence-corrected chi connectivity index (χ2v) is 9.74. The molecule has 10 nitrogen and oxygen atoms in total. The second-order valence-electron chi connectivity index (χ2n) is 9.74. The maximum Gasteiger partial charge on any atom is 0.319 e. The number of rotatable bonds is 7. The van der Waals surface area contributed by atoms with Crippen LogP contribution in [0.2, 0.25) is 0 Å². The van der Waals surface area contributed by atoms with Gasteiger partial charge >= 0.3 is 6.01 Å². The van der Waals surface area contributed by atoms with E-state index < -0.39 is 18.4 Å². The summed E-state index contributed by atoms with van der Waals surface area (Å²) < 4.78 is 42.1. The van der Waals surface area contributed by atoms with Gasteiger partial charge in [-0.3, -0.25) is 4.79 Å². The van der Waals surface area contributed by atoms with Crippen LogP contribution < -0.4 is 19.7 Å². The fraction of sp³-hybridized carbons (Fsp3) is 0.522. The van der Waals surface area contributed by atoms with Gasteiger partial charge in [0, 0.05) is 37.1 Å². The minimum Gasteiger partial charge on any atom is -0.480 e. The van der Waals surface area contributed by atoms with Gasteiger partial charge in [0.25, 0.3) is 5.92 Å². The van der Waals surface area contributed by atoms with Crippen LogP contribution in [0.4, 0.5) is 14.5 Å². The van der Waals surface area contributed by atoms with E-state index in [1.807, 2.05) is 0 Å². The molecule has 0 radical (unpaired) electrons. The van der Waals surface area contributed by atoms with Crippen molar-refractivity contribution < 1.29 is 23.0 Å². The fourth-order valence-electron chi connectivity index (χ4n) is 5.49. The molecule has 1 aliphatic heterocycles. The van der Waals surface area contributed by atoms with Crippen molar-refractivity contribution in [2.45, 2.75) is 37.1 Å². The number of nitrogens with zero attached hydrogens (tertiary/aromatic N) is 6. The van der Waals surface area contributed by atoms with Crippen molar-refractivity contribution in [3.63, 3.8) is 0 Å². The highest BCUT2D eigenvalue weighted by atomic mass is 19.3. The summed E-state index contributed by atoms with van der Waals surface area (Å²) in [5.74, 6) is -3.47. The van der Waals surface area contributed by atoms with Crippen molar-refractivity contribution in [2.75, 3.05) is 32.2 Å². The lowest BCUT2D eigenvalue weighted by Crippen LogP contribution is -2.68. The summed E-state index contributed by atoms with van der Waals surface area (Å²) in [6.07, 6.45) is 7.42. The Hall–Kier alpha value is -3.57. The van der Waals surface area contributed by atoms with Crippen LogP contribution >= 0.6 is 0 Å². The van der Waals surface area contributed by atoms with E-state index in [1.54, 1.807) is 23.4 Å². The molecule has 1 unspecified atom stereocenters. The molecular formula is C23H25F2N7O3. The minimum atomic E-state index is -3.02. The SMILES string of the molecule is COc1ncc(-c2cc(N3CC(CC(=O)NC45CC(C4)C5)C(F)(F)C3)c3nccn3n2)c(OC)n1. The highest BCUT2D eigenvalue weighted by molar-refractivity contribution is 5.79. The summed E-state index contributed by atoms with van der Waals surface area (Å²) in [7, 11) is 2.91. The normalized spacial score (nSPS) is 26.2. The highest BCUT2D eigenvalue weighted by Crippen LogP contribution is 2.57. The number of anilines is 1. The Morgan fingerprint density at radius 2 is 2.03 bits per heavy atom. The van der Waals surface area contributed by atoms with Crippen LogP contribution in [0.3, 0.4) is 0 Å². The molecule has 7 rings (SSSR count). The van der Waals surface area contributed by atoms with Crippen molar-refractivity contribution in [1.29, 1.82) is 0 Å². The van der Waals surface area contributed by atoms with Crippen molar-refractivity contribution >= 4 is 17.2 Å². The largest absolute Gasteiger partial charge is 0.480 e. The van der Waals surface area contributed by atoms with E-state index in [4.69, 9.17) is 9.47 Å². The number of halogens is 2. The summed E-state index contributed by atoms with van der Waals surface area (Å²) in [5, 5.41) is 7.54. The molecule has 12 heteroatoms. The van der Waals surface area contributed by atoms with E-state index in [0.29, 0.717) is 28.5 Å². The number of ether oxygens (including phenoxy) is 2. The Bertz CT molecular complexity index is 1300. The van der Waals surface area contributed by atoms with E-state index in [1.165, 1.54) is 24.9 Å². The number of methoxy groups -OCH3 is 2. The zero-order valence-corrected chi connectivity index (χ0v) is 19.4. The summed E-state index contributed by atoms with van der Waals surface area (Å²) in [5.41, 5.74) is 1.71. The summed E-state index contributed by atoms with van der Waals surface area (Å²) >= 11 is 0. The van der Waals surface area contributed by atoms with Crippen LogP contribution in [-0.2, 0) is 4.79 Å². The number of imidazole rings is 1. The van der Waals surface area contributed by atoms with Crippen molar-refractivity contribution in [3.8, 4) is 23.1 Å². The number of carbonyl (C=O) groups excluding carboxylic acids is 1. The number of amides is 1. The Morgan fingerprint density at radius 1 is 1.23 bits per heavy atom. The van der Waals surface area contributed by atoms with Crippen molar-refractivity contribution in [3.05, 3.63) is 24.7 Å². The molecule has 1 N–H and O–H groups in total. The number of aromatic nitrogens is 5. The standard InChI is InChI=1S/C23H25F2N7O3/c1-34-20-15(10-27-21(28-20)35-2)16-6-17(19-26-3-4-32(19)30-16)31-11-14(23(24,25)12-31)5-18(33)29-22-7-13(8-22)9-22/h3-4,6,10,13-14H,5,7-9,11-12H2,1-2H3,(H,29,33). The highest BCUT2D eigenvalue weighted by Gasteiger charge is 2.58. The molecule has 3 aromatic heterocycles. The zero-order valence-electron chi connectivity index (χ0n) is 19.4. The molecule has 1 saturated heterocycles. The predicted molar refractivity (Wildman–Crippen MR) is 121 cm³/mol. The molecule has 4 heterocycles. The molecule has 1 amide bonds. The average Bonchev–Trinajstić information content (AvgIpc) is 3.38. The molecule has 3 aliphatic carbocycles. The Balaban J connectivity index is 1.29. The van der Waals surface area contributed by atoms with E-state index in [9.17, 15) is 4.79 Å². The van der Waals surface area contributed by atoms with Gasteiger partial charge in [-0.1, -0.05) is 0 Å². The van der Waals surface area contributed by atoms with E-state index in [0.717, 1.165) is 19.3 Å². The summed E-state index contributed by atoms with van der Waals surface area (Å²) in [6, 6.07) is 1.81. The predicted octanol–water partition coefficient (Wildman–Crippen LogP) is 2.33. The number of nitrogens with one attached hydrogen (secondary N) is 1. The first-order chi connectivity index (χ1) is 16.8. The van der Waals surface area contributed by atoms with Crippen LogP contribution in [0.1, 0.15) is 25.7 Å². The van der Waals surface area contributed by atoms with E-state index in [-0.39, 0.29) is 36.3 Å². The monoisotopic (exact) mass is 485 g/mol. The van der Waals surface area contributed by atoms with Gasteiger partial charge in [-0.2, -0.15) is 10.1 Å². The van der Waals surface area contributed by atoms with Gasteiger partial charge in [0.05, 0.1) is 37.9 Å². The Labute approximate surface area is 199 Å². The smallest absolute Gasteiger partial charge is 0.319 e. The number of hydrogen-bond donors (Lipinski definition) is 1. The van der Waals surface area contributed by atoms with Gasteiger partial charge in [-0.05, 0) is 31.2 Å². The number of hydrogen-bond acceptors (Lipinski definition) is 8. The lowest BCUT2D eigenvalue weighted by Gasteiger charge is -2.61. The van der Waals surface area contributed by atoms with Crippen LogP contribution in [0.15, 0.2) is 24.7 Å². The van der Waals surface area contributed by atoms with Crippen LogP contribution in [0.5, 0.6) is 11.9 Å². The lowest BCUT2D eigenvalue weighted by atomic mass is 9.50. The molecule has 0 spiro atoms. The van der Waals surface area contributed by atoms with Gasteiger partial charge in [0.2, 0.25) is 11.8 Å². The van der Waals surface area contributed by atoms with Crippen molar-refractivity contribution in [2.24, 2.45) is 11.8 Å². The molecule has 184 valence electrons. The first-order valence-corrected chi connectivity index (χ1v) is 11.5. The maximum absolute atomic E-state index is 15.1. The first-order valence-electron chi connectivity index (χ1n) is 11.5. The number of alkyl halides is 2. The third kappa shape index (κ3) is 3.62. The first kappa shape index (κ1) is 21.9. The molecule has 1 atom stereocenters. The van der Waals surface area contributed by atoms with E-state index in [2.05, 4.69) is 25.4 Å². The molecular weight excluding hydrogens is 460 g/mol. The maximum atomic E-state index is 15.1. The summed E-state index contributed by atoms with van der Waals surface area (Å²) in [4.78, 5) is 26.8. The second kappa shape index (κ2) is 7.72. The molecule has 4 aliphatic rings. The molecule has 0 aromatic carbocycles. The van der Waals surface area contributed by atoms with Crippen LogP contribution in [0, 0.1) is 11.8 Å². The Morgan fingerprint density at radius 3 is 2.71 bits per heavy atom. The number of carbonyl (C=O) groups is 1. The summed E-state index contributed by atoms with van der Waals surface area (Å²) in [6.45, 7) is -0.487. The van der Waals surface area contributed by atoms with Gasteiger partial charge in [-0.15, -0.1) is 0 Å². The topological polar surface area (TPSA) is 107 Å². The van der Waals surface area contributed by atoms with Crippen LogP contribution in [-0.4, -0.2) is 69.2 Å². The molecule has 4 fully saturated rings. The molecule has 2 bridgehead atoms. The number of fused-ring (bicyclic) bond motifs is 1. The minimum absolute atomic E-state index is 0.0261. The van der Waals surface area contributed by atoms with Gasteiger partial charge in [0.15, 0.2) is 5.65 Å². The van der Waals surface area contributed by atoms with Gasteiger partial charge in [-0.25, -0.2) is 23.3 Å². The molecule has 35 heavy (non-hydrogen) atoms. The van der Waals surface area contributed by atoms with Crippen LogP contribution in [0.25, 0.3) is 16.9 Å². The van der Waals surface area contributed by atoms with E-state index >= 15 is 8.78 Å². The third-order valence-electron chi connectivity index (χ3n) is 7.38. The molecule has 3 aromatic rings. The molecule has 3 saturated carbocycles. The average molecular weight is 485 g/mol. The fourth-order valence-corrected chi connectivity index (χ4v) is 5.49. The quantitative estimate of drug-likeness (QED) is 0.544. The zero-order chi connectivity index (χ0) is 24.4. The van der Waals surface area contributed by atoms with Gasteiger partial charge in [0.1, 0.15) is 5.69 Å². The van der Waals surface area contributed by atoms with Crippen molar-refractivity contribution in [1.82, 2.24) is 29.9 Å².